The fraction of sp³-hybridized carbons (Fsp3) is 0.579. The number of sulfonamides is 1. The van der Waals surface area contributed by atoms with Crippen molar-refractivity contribution in [2.75, 3.05) is 31.1 Å². The highest BCUT2D eigenvalue weighted by Crippen LogP contribution is 2.29. The molecule has 0 radical (unpaired) electrons. The molecule has 6 nitrogen and oxygen atoms in total. The number of carbonyl (C=O) groups excluding carboxylic acids is 1. The zero-order valence-corrected chi connectivity index (χ0v) is 18.6. The second-order valence-electron chi connectivity index (χ2n) is 7.09. The second kappa shape index (κ2) is 9.15. The van der Waals surface area contributed by atoms with Crippen molar-refractivity contribution < 1.29 is 13.2 Å². The minimum Gasteiger partial charge on any atom is -0.291 e. The molecule has 0 aromatic heterocycles. The van der Waals surface area contributed by atoms with Crippen LogP contribution in [0.2, 0.25) is 5.02 Å². The average Bonchev–Trinajstić information content (AvgIpc) is 2.71. The number of benzene rings is 1. The average molecular weight is 444 g/mol. The summed E-state index contributed by atoms with van der Waals surface area (Å²) in [5.41, 5.74) is 1.73. The maximum atomic E-state index is 13.1. The van der Waals surface area contributed by atoms with E-state index >= 15 is 0 Å². The Morgan fingerprint density at radius 1 is 1.29 bits per heavy atom. The summed E-state index contributed by atoms with van der Waals surface area (Å²) in [5.74, 6) is 0.922. The number of rotatable bonds is 4. The van der Waals surface area contributed by atoms with Gasteiger partial charge in [-0.1, -0.05) is 29.4 Å². The van der Waals surface area contributed by atoms with Gasteiger partial charge >= 0.3 is 0 Å². The summed E-state index contributed by atoms with van der Waals surface area (Å²) in [6, 6.07) is 5.64. The predicted octanol–water partition coefficient (Wildman–Crippen LogP) is 3.66. The highest BCUT2D eigenvalue weighted by Gasteiger charge is 2.34. The van der Waals surface area contributed by atoms with Gasteiger partial charge in [0.15, 0.2) is 5.17 Å². The molecule has 3 rings (SSSR count). The quantitative estimate of drug-likeness (QED) is 0.711. The van der Waals surface area contributed by atoms with Crippen LogP contribution >= 0.6 is 23.4 Å². The van der Waals surface area contributed by atoms with Crippen LogP contribution in [0.4, 0.5) is 5.69 Å². The normalized spacial score (nSPS) is 21.2. The summed E-state index contributed by atoms with van der Waals surface area (Å²) in [6.07, 6.45) is 2.04. The van der Waals surface area contributed by atoms with Gasteiger partial charge < -0.3 is 0 Å². The summed E-state index contributed by atoms with van der Waals surface area (Å²) in [7, 11) is -3.19. The number of nitrogens with zero attached hydrogens (tertiary/aromatic N) is 3. The van der Waals surface area contributed by atoms with Crippen molar-refractivity contribution >= 4 is 50.1 Å². The zero-order valence-electron chi connectivity index (χ0n) is 16.2. The van der Waals surface area contributed by atoms with E-state index in [-0.39, 0.29) is 17.6 Å². The number of aryl methyl sites for hydroxylation is 1. The summed E-state index contributed by atoms with van der Waals surface area (Å²) < 4.78 is 25.6. The predicted molar refractivity (Wildman–Crippen MR) is 116 cm³/mol. The number of carbonyl (C=O) groups is 1. The van der Waals surface area contributed by atoms with E-state index in [1.807, 2.05) is 25.1 Å². The number of aliphatic imine (C=N–C) groups is 1. The Bertz CT molecular complexity index is 865. The zero-order chi connectivity index (χ0) is 20.3. The number of hydrogen-bond donors (Lipinski definition) is 0. The van der Waals surface area contributed by atoms with Gasteiger partial charge in [0.2, 0.25) is 15.9 Å². The molecule has 154 valence electrons. The van der Waals surface area contributed by atoms with Crippen LogP contribution in [0.15, 0.2) is 23.2 Å². The van der Waals surface area contributed by atoms with E-state index in [4.69, 9.17) is 11.6 Å². The minimum atomic E-state index is -3.19. The van der Waals surface area contributed by atoms with Crippen molar-refractivity contribution in [2.24, 2.45) is 10.9 Å². The van der Waals surface area contributed by atoms with Crippen LogP contribution in [0.3, 0.4) is 0 Å². The number of piperidine rings is 1. The lowest BCUT2D eigenvalue weighted by Crippen LogP contribution is -2.47. The van der Waals surface area contributed by atoms with E-state index in [1.54, 1.807) is 23.6 Å². The highest BCUT2D eigenvalue weighted by molar-refractivity contribution is 8.13. The van der Waals surface area contributed by atoms with Crippen molar-refractivity contribution in [1.82, 2.24) is 9.21 Å². The molecule has 2 saturated heterocycles. The molecule has 0 saturated carbocycles. The molecule has 0 atom stereocenters. The van der Waals surface area contributed by atoms with E-state index in [0.717, 1.165) is 23.4 Å². The first-order valence-corrected chi connectivity index (χ1v) is 12.6. The van der Waals surface area contributed by atoms with Gasteiger partial charge in [-0.3, -0.25) is 9.69 Å². The van der Waals surface area contributed by atoms with Gasteiger partial charge in [-0.2, -0.15) is 0 Å². The fourth-order valence-electron chi connectivity index (χ4n) is 3.40. The van der Waals surface area contributed by atoms with Crippen molar-refractivity contribution in [3.05, 3.63) is 28.8 Å². The number of hydrogen-bond acceptors (Lipinski definition) is 5. The van der Waals surface area contributed by atoms with Gasteiger partial charge in [0.05, 0.1) is 11.4 Å². The maximum Gasteiger partial charge on any atom is 0.231 e. The van der Waals surface area contributed by atoms with Gasteiger partial charge in [0.25, 0.3) is 0 Å². The molecule has 2 heterocycles. The van der Waals surface area contributed by atoms with Gasteiger partial charge in [-0.25, -0.2) is 17.7 Å². The molecule has 2 fully saturated rings. The third kappa shape index (κ3) is 4.90. The summed E-state index contributed by atoms with van der Waals surface area (Å²) in [4.78, 5) is 19.6. The van der Waals surface area contributed by atoms with Crippen LogP contribution in [0, 0.1) is 12.8 Å². The second-order valence-corrected chi connectivity index (χ2v) is 10.8. The van der Waals surface area contributed by atoms with E-state index < -0.39 is 10.0 Å². The molecule has 1 aromatic rings. The molecule has 0 bridgehead atoms. The van der Waals surface area contributed by atoms with E-state index in [1.165, 1.54) is 4.31 Å². The smallest absolute Gasteiger partial charge is 0.231 e. The molecule has 0 aliphatic carbocycles. The first-order valence-electron chi connectivity index (χ1n) is 9.58. The molecular weight excluding hydrogens is 418 g/mol. The van der Waals surface area contributed by atoms with Gasteiger partial charge in [-0.05, 0) is 50.8 Å². The third-order valence-electron chi connectivity index (χ3n) is 5.20. The SMILES string of the molecule is CCS(=O)(=O)N1CCC(C(=O)N2CCCSC2=Nc2ccc(C)c(Cl)c2)CC1. The standard InChI is InChI=1S/C19H26ClN3O3S2/c1-3-28(25,26)22-10-7-15(8-11-22)18(24)23-9-4-12-27-19(23)21-16-6-5-14(2)17(20)13-16/h5-6,13,15H,3-4,7-12H2,1-2H3. The molecule has 1 amide bonds. The molecule has 0 unspecified atom stereocenters. The van der Waals surface area contributed by atoms with Crippen LogP contribution < -0.4 is 0 Å². The molecule has 9 heteroatoms. The van der Waals surface area contributed by atoms with Crippen LogP contribution in [0.5, 0.6) is 0 Å². The highest BCUT2D eigenvalue weighted by atomic mass is 35.5. The summed E-state index contributed by atoms with van der Waals surface area (Å²) in [5, 5.41) is 1.37. The Labute approximate surface area is 176 Å². The van der Waals surface area contributed by atoms with E-state index in [2.05, 4.69) is 4.99 Å². The van der Waals surface area contributed by atoms with E-state index in [9.17, 15) is 13.2 Å². The molecular formula is C19H26ClN3O3S2. The van der Waals surface area contributed by atoms with Gasteiger partial charge in [0, 0.05) is 36.3 Å². The fourth-order valence-corrected chi connectivity index (χ4v) is 5.67. The first-order chi connectivity index (χ1) is 13.3. The number of amidine groups is 1. The Kier molecular flexibility index (Phi) is 7.07. The Morgan fingerprint density at radius 3 is 2.64 bits per heavy atom. The van der Waals surface area contributed by atoms with Crippen LogP contribution in [0.25, 0.3) is 0 Å². The lowest BCUT2D eigenvalue weighted by molar-refractivity contribution is -0.132. The maximum absolute atomic E-state index is 13.1. The number of thioether (sulfide) groups is 1. The molecule has 28 heavy (non-hydrogen) atoms. The van der Waals surface area contributed by atoms with Crippen molar-refractivity contribution in [3.63, 3.8) is 0 Å². The summed E-state index contributed by atoms with van der Waals surface area (Å²) in [6.45, 7) is 5.06. The Morgan fingerprint density at radius 2 is 2.00 bits per heavy atom. The number of amides is 1. The lowest BCUT2D eigenvalue weighted by Gasteiger charge is -2.35. The lowest BCUT2D eigenvalue weighted by atomic mass is 9.96. The Balaban J connectivity index is 1.72. The molecule has 2 aliphatic rings. The van der Waals surface area contributed by atoms with Crippen molar-refractivity contribution in [3.8, 4) is 0 Å². The minimum absolute atomic E-state index is 0.0534. The first kappa shape index (κ1) is 21.6. The Hall–Kier alpha value is -1.09. The van der Waals surface area contributed by atoms with Crippen LogP contribution in [0.1, 0.15) is 31.7 Å². The van der Waals surface area contributed by atoms with Gasteiger partial charge in [-0.15, -0.1) is 0 Å². The largest absolute Gasteiger partial charge is 0.291 e. The van der Waals surface area contributed by atoms with Crippen LogP contribution in [-0.2, 0) is 14.8 Å². The van der Waals surface area contributed by atoms with Crippen LogP contribution in [-0.4, -0.2) is 59.8 Å². The monoisotopic (exact) mass is 443 g/mol. The van der Waals surface area contributed by atoms with Crippen molar-refractivity contribution in [1.29, 1.82) is 0 Å². The topological polar surface area (TPSA) is 70.1 Å². The molecule has 1 aromatic carbocycles. The van der Waals surface area contributed by atoms with Gasteiger partial charge in [0.1, 0.15) is 0 Å². The third-order valence-corrected chi connectivity index (χ3v) is 8.55. The van der Waals surface area contributed by atoms with E-state index in [0.29, 0.717) is 42.7 Å². The molecule has 0 spiro atoms. The van der Waals surface area contributed by atoms with Crippen molar-refractivity contribution in [2.45, 2.75) is 33.1 Å². The number of halogens is 1. The molecule has 0 N–H and O–H groups in total. The summed E-state index contributed by atoms with van der Waals surface area (Å²) >= 11 is 7.79. The molecule has 2 aliphatic heterocycles.